The average Bonchev–Trinajstić information content (AvgIpc) is 2.78. The van der Waals surface area contributed by atoms with Crippen LogP contribution in [-0.4, -0.2) is 40.0 Å². The topological polar surface area (TPSA) is 92.6 Å². The van der Waals surface area contributed by atoms with E-state index in [2.05, 4.69) is 5.32 Å². The van der Waals surface area contributed by atoms with Crippen molar-refractivity contribution < 1.29 is 14.5 Å². The molecule has 7 nitrogen and oxygen atoms in total. The van der Waals surface area contributed by atoms with Crippen LogP contribution in [-0.2, 0) is 21.9 Å². The predicted molar refractivity (Wildman–Crippen MR) is 129 cm³/mol. The number of halogens is 1. The van der Waals surface area contributed by atoms with E-state index in [1.165, 1.54) is 23.9 Å². The van der Waals surface area contributed by atoms with Gasteiger partial charge in [-0.3, -0.25) is 19.7 Å². The van der Waals surface area contributed by atoms with Gasteiger partial charge in [0, 0.05) is 36.0 Å². The van der Waals surface area contributed by atoms with E-state index in [-0.39, 0.29) is 29.8 Å². The quantitative estimate of drug-likeness (QED) is 0.269. The van der Waals surface area contributed by atoms with Crippen molar-refractivity contribution in [1.29, 1.82) is 0 Å². The molecular weight excluding hydrogens is 450 g/mol. The van der Waals surface area contributed by atoms with Crippen molar-refractivity contribution in [3.05, 3.63) is 74.8 Å². The van der Waals surface area contributed by atoms with E-state index >= 15 is 0 Å². The van der Waals surface area contributed by atoms with Crippen LogP contribution >= 0.6 is 23.4 Å². The molecule has 0 aliphatic carbocycles. The number of benzene rings is 2. The first-order valence-corrected chi connectivity index (χ1v) is 12.0. The highest BCUT2D eigenvalue weighted by atomic mass is 35.5. The van der Waals surface area contributed by atoms with Crippen LogP contribution in [0.4, 0.5) is 5.69 Å². The zero-order chi connectivity index (χ0) is 23.5. The largest absolute Gasteiger partial charge is 0.354 e. The highest BCUT2D eigenvalue weighted by Crippen LogP contribution is 2.21. The van der Waals surface area contributed by atoms with Gasteiger partial charge in [0.1, 0.15) is 6.04 Å². The van der Waals surface area contributed by atoms with Gasteiger partial charge < -0.3 is 10.2 Å². The fourth-order valence-corrected chi connectivity index (χ4v) is 4.05. The van der Waals surface area contributed by atoms with Gasteiger partial charge in [0.25, 0.3) is 5.69 Å². The number of non-ortho nitro benzene ring substituents is 1. The molecule has 32 heavy (non-hydrogen) atoms. The Morgan fingerprint density at radius 1 is 1.19 bits per heavy atom. The number of nitrogens with one attached hydrogen (secondary N) is 1. The molecule has 0 radical (unpaired) electrons. The molecule has 0 spiro atoms. The lowest BCUT2D eigenvalue weighted by Gasteiger charge is -2.29. The maximum Gasteiger partial charge on any atom is 0.269 e. The second-order valence-electron chi connectivity index (χ2n) is 7.35. The third kappa shape index (κ3) is 7.84. The zero-order valence-corrected chi connectivity index (χ0v) is 19.8. The van der Waals surface area contributed by atoms with Crippen LogP contribution in [0, 0.1) is 10.1 Å². The fourth-order valence-electron chi connectivity index (χ4n) is 2.98. The van der Waals surface area contributed by atoms with Crippen molar-refractivity contribution in [1.82, 2.24) is 10.2 Å². The summed E-state index contributed by atoms with van der Waals surface area (Å²) in [6.45, 7) is 4.57. The van der Waals surface area contributed by atoms with Gasteiger partial charge in [0.2, 0.25) is 11.8 Å². The molecule has 0 aliphatic heterocycles. The monoisotopic (exact) mass is 477 g/mol. The first-order valence-electron chi connectivity index (χ1n) is 10.4. The third-order valence-electron chi connectivity index (χ3n) is 4.94. The minimum atomic E-state index is -0.643. The molecule has 2 aromatic carbocycles. The van der Waals surface area contributed by atoms with E-state index in [0.29, 0.717) is 17.3 Å². The molecule has 0 saturated carbocycles. The lowest BCUT2D eigenvalue weighted by atomic mass is 10.1. The number of unbranched alkanes of at least 4 members (excludes halogenated alkanes) is 1. The minimum Gasteiger partial charge on any atom is -0.354 e. The molecule has 0 fully saturated rings. The number of hydrogen-bond acceptors (Lipinski definition) is 5. The van der Waals surface area contributed by atoms with Gasteiger partial charge in [0.15, 0.2) is 0 Å². The Labute approximate surface area is 197 Å². The van der Waals surface area contributed by atoms with Gasteiger partial charge in [-0.15, -0.1) is 11.8 Å². The highest BCUT2D eigenvalue weighted by Gasteiger charge is 2.26. The molecule has 0 bridgehead atoms. The maximum absolute atomic E-state index is 13.1. The molecule has 1 unspecified atom stereocenters. The van der Waals surface area contributed by atoms with Crippen LogP contribution in [0.3, 0.4) is 0 Å². The summed E-state index contributed by atoms with van der Waals surface area (Å²) in [6, 6.07) is 12.9. The molecule has 1 N–H and O–H groups in total. The molecule has 172 valence electrons. The number of carbonyl (C=O) groups is 2. The van der Waals surface area contributed by atoms with Gasteiger partial charge >= 0.3 is 0 Å². The molecule has 0 heterocycles. The Morgan fingerprint density at radius 3 is 2.50 bits per heavy atom. The molecule has 1 atom stereocenters. The number of hydrogen-bond donors (Lipinski definition) is 1. The molecule has 2 aromatic rings. The summed E-state index contributed by atoms with van der Waals surface area (Å²) in [5.74, 6) is 0.337. The number of amides is 2. The van der Waals surface area contributed by atoms with Crippen molar-refractivity contribution in [3.63, 3.8) is 0 Å². The first kappa shape index (κ1) is 25.7. The number of carbonyl (C=O) groups excluding carboxylic acids is 2. The third-order valence-corrected chi connectivity index (χ3v) is 6.29. The van der Waals surface area contributed by atoms with E-state index in [0.717, 1.165) is 24.0 Å². The van der Waals surface area contributed by atoms with Gasteiger partial charge in [-0.1, -0.05) is 55.3 Å². The molecule has 0 aliphatic rings. The Hall–Kier alpha value is -2.58. The van der Waals surface area contributed by atoms with Crippen molar-refractivity contribution in [2.75, 3.05) is 12.3 Å². The van der Waals surface area contributed by atoms with Crippen LogP contribution in [0.1, 0.15) is 37.8 Å². The summed E-state index contributed by atoms with van der Waals surface area (Å²) in [5.41, 5.74) is 1.69. The van der Waals surface area contributed by atoms with Crippen LogP contribution in [0.2, 0.25) is 5.02 Å². The van der Waals surface area contributed by atoms with Gasteiger partial charge in [-0.25, -0.2) is 0 Å². The molecular formula is C23H28ClN3O4S. The second kappa shape index (κ2) is 13.1. The zero-order valence-electron chi connectivity index (χ0n) is 18.3. The number of thioether (sulfide) groups is 1. The summed E-state index contributed by atoms with van der Waals surface area (Å²) in [7, 11) is 0. The summed E-state index contributed by atoms with van der Waals surface area (Å²) < 4.78 is 0. The first-order chi connectivity index (χ1) is 15.3. The van der Waals surface area contributed by atoms with E-state index in [1.54, 1.807) is 30.0 Å². The SMILES string of the molecule is CCCCNC(=O)C(C)N(Cc1ccccc1Cl)C(=O)CSCc1ccc([N+](=O)[O-])cc1. The Balaban J connectivity index is 2.04. The smallest absolute Gasteiger partial charge is 0.269 e. The molecule has 0 saturated heterocycles. The normalized spacial score (nSPS) is 11.6. The lowest BCUT2D eigenvalue weighted by Crippen LogP contribution is -2.48. The van der Waals surface area contributed by atoms with E-state index in [9.17, 15) is 19.7 Å². The van der Waals surface area contributed by atoms with Crippen LogP contribution in [0.25, 0.3) is 0 Å². The summed E-state index contributed by atoms with van der Waals surface area (Å²) >= 11 is 7.68. The standard InChI is InChI=1S/C23H28ClN3O4S/c1-3-4-13-25-23(29)17(2)26(14-19-7-5-6-8-21(19)24)22(28)16-32-15-18-9-11-20(12-10-18)27(30)31/h5-12,17H,3-4,13-16H2,1-2H3,(H,25,29). The van der Waals surface area contributed by atoms with Crippen molar-refractivity contribution in [3.8, 4) is 0 Å². The highest BCUT2D eigenvalue weighted by molar-refractivity contribution is 7.99. The Kier molecular flexibility index (Phi) is 10.5. The Morgan fingerprint density at radius 2 is 1.88 bits per heavy atom. The van der Waals surface area contributed by atoms with Gasteiger partial charge in [-0.2, -0.15) is 0 Å². The van der Waals surface area contributed by atoms with Crippen molar-refractivity contribution in [2.24, 2.45) is 0 Å². The van der Waals surface area contributed by atoms with Crippen molar-refractivity contribution >= 4 is 40.9 Å². The fraction of sp³-hybridized carbons (Fsp3) is 0.391. The average molecular weight is 478 g/mol. The van der Waals surface area contributed by atoms with Gasteiger partial charge in [-0.05, 0) is 30.5 Å². The lowest BCUT2D eigenvalue weighted by molar-refractivity contribution is -0.384. The van der Waals surface area contributed by atoms with Crippen LogP contribution < -0.4 is 5.32 Å². The van der Waals surface area contributed by atoms with Gasteiger partial charge in [0.05, 0.1) is 10.7 Å². The minimum absolute atomic E-state index is 0.0312. The van der Waals surface area contributed by atoms with Crippen LogP contribution in [0.15, 0.2) is 48.5 Å². The van der Waals surface area contributed by atoms with E-state index in [1.807, 2.05) is 25.1 Å². The van der Waals surface area contributed by atoms with E-state index < -0.39 is 11.0 Å². The molecule has 2 amide bonds. The summed E-state index contributed by atoms with van der Waals surface area (Å²) in [4.78, 5) is 37.6. The maximum atomic E-state index is 13.1. The molecule has 9 heteroatoms. The number of rotatable bonds is 12. The molecule has 0 aromatic heterocycles. The predicted octanol–water partition coefficient (Wildman–Crippen LogP) is 4.82. The Bertz CT molecular complexity index is 924. The van der Waals surface area contributed by atoms with E-state index in [4.69, 9.17) is 11.6 Å². The summed E-state index contributed by atoms with van der Waals surface area (Å²) in [5, 5.41) is 14.2. The van der Waals surface area contributed by atoms with Crippen molar-refractivity contribution in [2.45, 2.75) is 45.0 Å². The molecule has 2 rings (SSSR count). The number of nitro groups is 1. The summed E-state index contributed by atoms with van der Waals surface area (Å²) in [6.07, 6.45) is 1.85. The second-order valence-corrected chi connectivity index (χ2v) is 8.74. The van der Waals surface area contributed by atoms with Crippen LogP contribution in [0.5, 0.6) is 0 Å². The number of nitro benzene ring substituents is 1. The number of nitrogens with zero attached hydrogens (tertiary/aromatic N) is 2.